The van der Waals surface area contributed by atoms with Crippen molar-refractivity contribution in [1.29, 1.82) is 0 Å². The largest absolute Gasteiger partial charge is 0.494 e. The summed E-state index contributed by atoms with van der Waals surface area (Å²) < 4.78 is 87.9. The Hall–Kier alpha value is -11.1. The summed E-state index contributed by atoms with van der Waals surface area (Å²) >= 11 is 0. The number of hydrogen-bond acceptors (Lipinski definition) is 27. The minimum atomic E-state index is -0.672. The molecule has 28 nitrogen and oxygen atoms in total. The molecule has 112 heavy (non-hydrogen) atoms. The van der Waals surface area contributed by atoms with Gasteiger partial charge >= 0.3 is 17.9 Å². The van der Waals surface area contributed by atoms with Crippen LogP contribution in [0.1, 0.15) is 146 Å². The average Bonchev–Trinajstić information content (AvgIpc) is 1.83. The molecule has 3 saturated heterocycles. The molecule has 5 atom stereocenters. The SMILES string of the molecule is C/C=C/C(=O)N1CCCC1OC=O.C/C=C/C(=O)Oc1ccc2c(c1)OC(C)(C)O2.C/C=C/C(=O)Oc1ccc2c(c1)OCO2.C/C=C/N(C)c1ccc2c(c1)OCO2.CCCC(=O)Oc1ccc2c(c1)OCO2.CCN1CC2CCCCC2CC1OC=O.CCN1CCCCC1OC=O.CCOc1ccc2c(c1)OCO2. The van der Waals surface area contributed by atoms with E-state index in [0.717, 1.165) is 105 Å². The normalized spacial score (nSPS) is 19.1. The number of esters is 3. The number of rotatable bonds is 20. The molecule has 4 fully saturated rings. The van der Waals surface area contributed by atoms with E-state index in [4.69, 9.17) is 80.5 Å². The lowest BCUT2D eigenvalue weighted by atomic mass is 9.74. The smallest absolute Gasteiger partial charge is 0.335 e. The number of carbonyl (C=O) groups is 7. The Bertz CT molecular complexity index is 3940. The van der Waals surface area contributed by atoms with E-state index in [-0.39, 0.29) is 44.1 Å². The summed E-state index contributed by atoms with van der Waals surface area (Å²) in [4.78, 5) is 83.7. The van der Waals surface area contributed by atoms with Crippen LogP contribution in [0.25, 0.3) is 0 Å². The second-order valence-electron chi connectivity index (χ2n) is 26.4. The van der Waals surface area contributed by atoms with Gasteiger partial charge in [0, 0.05) is 108 Å². The average molecular weight is 1560 g/mol. The van der Waals surface area contributed by atoms with Gasteiger partial charge in [-0.25, -0.2) is 9.59 Å². The van der Waals surface area contributed by atoms with E-state index in [0.29, 0.717) is 104 Å². The summed E-state index contributed by atoms with van der Waals surface area (Å²) in [6, 6.07) is 26.6. The Morgan fingerprint density at radius 1 is 0.473 bits per heavy atom. The second kappa shape index (κ2) is 47.2. The fraction of sp³-hybridized carbons (Fsp3) is 0.464. The van der Waals surface area contributed by atoms with Gasteiger partial charge in [-0.2, -0.15) is 0 Å². The molecule has 28 heteroatoms. The highest BCUT2D eigenvalue weighted by Gasteiger charge is 2.37. The summed E-state index contributed by atoms with van der Waals surface area (Å²) in [5, 5.41) is 0. The summed E-state index contributed by atoms with van der Waals surface area (Å²) in [5.41, 5.74) is 1.09. The van der Waals surface area contributed by atoms with Crippen LogP contribution in [0.4, 0.5) is 5.69 Å². The molecule has 1 saturated carbocycles. The molecule has 1 amide bonds. The Morgan fingerprint density at radius 2 is 0.929 bits per heavy atom. The molecule has 608 valence electrons. The van der Waals surface area contributed by atoms with Crippen LogP contribution in [0, 0.1) is 11.8 Å². The van der Waals surface area contributed by atoms with Gasteiger partial charge in [0.15, 0.2) is 76.2 Å². The van der Waals surface area contributed by atoms with Crippen molar-refractivity contribution in [3.63, 3.8) is 0 Å². The van der Waals surface area contributed by atoms with Crippen molar-refractivity contribution in [2.24, 2.45) is 11.8 Å². The number of amides is 1. The minimum Gasteiger partial charge on any atom is -0.494 e. The van der Waals surface area contributed by atoms with Gasteiger partial charge in [0.2, 0.25) is 38.9 Å². The number of nitrogens with zero attached hydrogens (tertiary/aromatic N) is 4. The van der Waals surface area contributed by atoms with E-state index in [1.54, 1.807) is 98.5 Å². The first-order valence-electron chi connectivity index (χ1n) is 38.0. The summed E-state index contributed by atoms with van der Waals surface area (Å²) in [7, 11) is 2.00. The molecule has 5 unspecified atom stereocenters. The molecule has 0 aromatic heterocycles. The predicted octanol–water partition coefficient (Wildman–Crippen LogP) is 14.6. The van der Waals surface area contributed by atoms with Crippen molar-refractivity contribution in [3.05, 3.63) is 140 Å². The number of ether oxygens (including phenoxy) is 17. The van der Waals surface area contributed by atoms with E-state index in [1.807, 2.05) is 95.2 Å². The zero-order valence-electron chi connectivity index (χ0n) is 66.0. The maximum absolute atomic E-state index is 11.4. The summed E-state index contributed by atoms with van der Waals surface area (Å²) in [5.74, 6) is 9.05. The van der Waals surface area contributed by atoms with E-state index < -0.39 is 17.7 Å². The number of piperidine rings is 2. The molecule has 0 radical (unpaired) electrons. The van der Waals surface area contributed by atoms with Gasteiger partial charge in [-0.3, -0.25) is 33.8 Å². The highest BCUT2D eigenvalue weighted by molar-refractivity contribution is 5.88. The van der Waals surface area contributed by atoms with E-state index in [1.165, 1.54) is 56.8 Å². The van der Waals surface area contributed by atoms with E-state index in [2.05, 4.69) is 23.6 Å². The van der Waals surface area contributed by atoms with Crippen molar-refractivity contribution in [2.45, 2.75) is 171 Å². The molecule has 14 rings (SSSR count). The number of allylic oxidation sites excluding steroid dienone is 4. The van der Waals surface area contributed by atoms with Crippen LogP contribution in [0.2, 0.25) is 0 Å². The molecule has 5 aromatic rings. The molecular weight excluding hydrogens is 1450 g/mol. The third-order valence-electron chi connectivity index (χ3n) is 18.1. The first-order chi connectivity index (χ1) is 54.3. The highest BCUT2D eigenvalue weighted by atomic mass is 16.7. The van der Waals surface area contributed by atoms with Gasteiger partial charge in [0.25, 0.3) is 19.4 Å². The molecule has 0 bridgehead atoms. The maximum Gasteiger partial charge on any atom is 0.335 e. The summed E-state index contributed by atoms with van der Waals surface area (Å²) in [6.07, 6.45) is 25.6. The van der Waals surface area contributed by atoms with Gasteiger partial charge in [-0.1, -0.05) is 57.9 Å². The lowest BCUT2D eigenvalue weighted by Crippen LogP contribution is -2.49. The Labute approximate surface area is 656 Å². The molecule has 0 spiro atoms. The van der Waals surface area contributed by atoms with Crippen LogP contribution in [0.3, 0.4) is 0 Å². The fourth-order valence-electron chi connectivity index (χ4n) is 12.8. The van der Waals surface area contributed by atoms with Gasteiger partial charge < -0.3 is 90.3 Å². The number of benzene rings is 5. The van der Waals surface area contributed by atoms with Crippen LogP contribution in [-0.4, -0.2) is 156 Å². The topological polar surface area (TPSA) is 289 Å². The van der Waals surface area contributed by atoms with Crippen LogP contribution in [0.15, 0.2) is 140 Å². The Morgan fingerprint density at radius 3 is 1.46 bits per heavy atom. The molecule has 9 aliphatic rings. The fourth-order valence-corrected chi connectivity index (χ4v) is 12.8. The number of hydrogen-bond donors (Lipinski definition) is 0. The first-order valence-corrected chi connectivity index (χ1v) is 38.0. The molecule has 1 aliphatic carbocycles. The first kappa shape index (κ1) is 88.1. The molecular formula is C84H108N4O24. The van der Waals surface area contributed by atoms with Crippen LogP contribution >= 0.6 is 0 Å². The number of carbonyl (C=O) groups excluding carboxylic acids is 7. The number of fused-ring (bicyclic) bond motifs is 6. The number of anilines is 1. The van der Waals surface area contributed by atoms with Gasteiger partial charge in [0.1, 0.15) is 23.0 Å². The molecule has 5 aromatic carbocycles. The third-order valence-corrected chi connectivity index (χ3v) is 18.1. The zero-order valence-corrected chi connectivity index (χ0v) is 66.0. The van der Waals surface area contributed by atoms with Crippen LogP contribution < -0.4 is 71.2 Å². The van der Waals surface area contributed by atoms with E-state index in [9.17, 15) is 33.6 Å². The maximum atomic E-state index is 11.4. The Balaban J connectivity index is 0.000000178. The highest BCUT2D eigenvalue weighted by Crippen LogP contribution is 2.43. The third kappa shape index (κ3) is 28.3. The number of likely N-dealkylation sites (tertiary alicyclic amines) is 3. The lowest BCUT2D eigenvalue weighted by Gasteiger charge is -2.44. The van der Waals surface area contributed by atoms with Gasteiger partial charge in [0.05, 0.1) is 6.61 Å². The van der Waals surface area contributed by atoms with E-state index >= 15 is 0 Å². The quantitative estimate of drug-likeness (QED) is 0.0230. The van der Waals surface area contributed by atoms with Crippen molar-refractivity contribution in [3.8, 4) is 80.5 Å². The van der Waals surface area contributed by atoms with Gasteiger partial charge in [-0.15, -0.1) is 0 Å². The monoisotopic (exact) mass is 1560 g/mol. The molecule has 8 aliphatic heterocycles. The van der Waals surface area contributed by atoms with Crippen molar-refractivity contribution < 1.29 is 114 Å². The Kier molecular flexibility index (Phi) is 37.1. The lowest BCUT2D eigenvalue weighted by molar-refractivity contribution is -0.153. The molecule has 8 heterocycles. The van der Waals surface area contributed by atoms with Crippen LogP contribution in [-0.2, 0) is 47.8 Å². The zero-order chi connectivity index (χ0) is 80.6. The molecule has 0 N–H and O–H groups in total. The predicted molar refractivity (Wildman–Crippen MR) is 415 cm³/mol. The van der Waals surface area contributed by atoms with Crippen molar-refractivity contribution in [1.82, 2.24) is 14.7 Å². The summed E-state index contributed by atoms with van der Waals surface area (Å²) in [6.45, 7) is 27.1. The second-order valence-corrected chi connectivity index (χ2v) is 26.4. The van der Waals surface area contributed by atoms with Gasteiger partial charge in [-0.05, 0) is 177 Å². The minimum absolute atomic E-state index is 0.0475. The van der Waals surface area contributed by atoms with Crippen molar-refractivity contribution >= 4 is 48.9 Å². The standard InChI is InChI=1S/C13H14O4.C12H21NO2.C11H13NO2.C11H12O4.C11H10O4.C9H13NO3.C9H10O3.C8H15NO2/c1-4-5-12(14)15-9-6-7-10-11(8-9)17-13(2,3)16-10;1-2-13-8-11-6-4-3-5-10(11)7-12(13)15-9-14;1-3-6-12(2)9-4-5-10-11(7-9)14-8-13-10;2*1-2-3-11(12)15-8-4-5-9-10(6-8)14-7-13-9;1-2-4-8(12)10-6-3-5-9(10)13-7-11;1-2-10-7-3-4-8-9(5-7)12-6-11-8;1-2-9-6-4-3-5-8(9)11-7-10/h4-8H,1-3H3;9-12H,2-8H2,1H3;3-7H,8H2,1-2H3;4-6H,2-3,7H2,1H3;2-6H,7H2,1H3;2,4,7,9H,3,5-6H2,1H3;3-5H,2,6H2,1H3;7-8H,2-6H2,1H3/b5-4+;;6-3+;;3-2+;4-2+;;. The van der Waals surface area contributed by atoms with Crippen molar-refractivity contribution in [2.75, 3.05) is 78.5 Å². The van der Waals surface area contributed by atoms with Crippen LogP contribution in [0.5, 0.6) is 80.5 Å².